The molecule has 1 heterocycles. The third-order valence-corrected chi connectivity index (χ3v) is 2.58. The van der Waals surface area contributed by atoms with Gasteiger partial charge in [0, 0.05) is 38.3 Å². The molecular formula is C12H11N2O3Zr-. The number of carbonyl (C=O) groups is 3. The summed E-state index contributed by atoms with van der Waals surface area (Å²) in [4.78, 5) is 35.2. The van der Waals surface area contributed by atoms with E-state index in [1.165, 1.54) is 12.1 Å². The van der Waals surface area contributed by atoms with E-state index in [2.05, 4.69) is 12.4 Å². The largest absolute Gasteiger partial charge is 0.430 e. The summed E-state index contributed by atoms with van der Waals surface area (Å²) in [5.41, 5.74) is 1.10. The first kappa shape index (κ1) is 14.8. The predicted molar refractivity (Wildman–Crippen MR) is 61.2 cm³/mol. The van der Waals surface area contributed by atoms with Crippen LogP contribution in [0, 0.1) is 7.05 Å². The van der Waals surface area contributed by atoms with Crippen LogP contribution in [0.2, 0.25) is 0 Å². The second-order valence-electron chi connectivity index (χ2n) is 3.70. The number of imide groups is 1. The van der Waals surface area contributed by atoms with Gasteiger partial charge in [0.15, 0.2) is 0 Å². The number of carbonyl (C=O) groups excluding carboxylic acids is 3. The number of hydrogen-bond acceptors (Lipinski definition) is 3. The third-order valence-electron chi connectivity index (χ3n) is 2.58. The number of hydrogen-bond donors (Lipinski definition) is 1. The topological polar surface area (TPSA) is 66.5 Å². The number of fused-ring (bicyclic) bond motifs is 1. The first-order valence-electron chi connectivity index (χ1n) is 5.17. The molecule has 1 aromatic rings. The van der Waals surface area contributed by atoms with Crippen LogP contribution in [0.1, 0.15) is 34.1 Å². The standard InChI is InChI=1S/C12H11N2O3.Zr/c1-3-10(15)13-7-4-5-8-9(6-7)12(17)14(2)11(8)16;/h4-6H,2-3H2,1H3,(H,13,15);/q-1;. The Balaban J connectivity index is 0.00000162. The summed E-state index contributed by atoms with van der Waals surface area (Å²) >= 11 is 0. The minimum atomic E-state index is -0.447. The molecule has 0 aromatic heterocycles. The molecule has 0 fully saturated rings. The van der Waals surface area contributed by atoms with Crippen molar-refractivity contribution in [2.24, 2.45) is 0 Å². The number of amides is 3. The Bertz CT molecular complexity index is 528. The van der Waals surface area contributed by atoms with Crippen molar-refractivity contribution < 1.29 is 40.6 Å². The van der Waals surface area contributed by atoms with Gasteiger partial charge in [-0.3, -0.25) is 14.4 Å². The van der Waals surface area contributed by atoms with Gasteiger partial charge in [0.05, 0.1) is 11.1 Å². The van der Waals surface area contributed by atoms with Crippen molar-refractivity contribution >= 4 is 23.4 Å². The second kappa shape index (κ2) is 5.57. The van der Waals surface area contributed by atoms with E-state index < -0.39 is 11.8 Å². The van der Waals surface area contributed by atoms with Gasteiger partial charge in [-0.15, -0.1) is 0 Å². The molecule has 18 heavy (non-hydrogen) atoms. The van der Waals surface area contributed by atoms with E-state index in [1.54, 1.807) is 13.0 Å². The SMILES string of the molecule is [CH2-]N1C(=O)c2ccc(NC(=O)CC)cc2C1=O.[Zr]. The van der Waals surface area contributed by atoms with Crippen LogP contribution in [-0.4, -0.2) is 22.6 Å². The first-order valence-corrected chi connectivity index (χ1v) is 5.17. The molecule has 0 radical (unpaired) electrons. The minimum Gasteiger partial charge on any atom is -0.430 e. The van der Waals surface area contributed by atoms with Crippen molar-refractivity contribution in [2.45, 2.75) is 13.3 Å². The second-order valence-corrected chi connectivity index (χ2v) is 3.70. The minimum absolute atomic E-state index is 0. The molecule has 3 amide bonds. The van der Waals surface area contributed by atoms with E-state index in [-0.39, 0.29) is 37.7 Å². The molecule has 2 rings (SSSR count). The van der Waals surface area contributed by atoms with Crippen molar-refractivity contribution in [1.29, 1.82) is 0 Å². The first-order chi connectivity index (χ1) is 8.04. The monoisotopic (exact) mass is 321 g/mol. The third kappa shape index (κ3) is 2.43. The summed E-state index contributed by atoms with van der Waals surface area (Å²) in [5.74, 6) is -1.01. The van der Waals surface area contributed by atoms with Crippen LogP contribution in [0.5, 0.6) is 0 Å². The fourth-order valence-corrected chi connectivity index (χ4v) is 1.62. The van der Waals surface area contributed by atoms with Crippen LogP contribution < -0.4 is 5.32 Å². The van der Waals surface area contributed by atoms with E-state index in [0.717, 1.165) is 4.90 Å². The Morgan fingerprint density at radius 2 is 1.89 bits per heavy atom. The molecule has 5 nitrogen and oxygen atoms in total. The van der Waals surface area contributed by atoms with E-state index in [1.807, 2.05) is 0 Å². The van der Waals surface area contributed by atoms with Crippen molar-refractivity contribution in [2.75, 3.05) is 5.32 Å². The molecule has 0 unspecified atom stereocenters. The van der Waals surface area contributed by atoms with Gasteiger partial charge in [0.1, 0.15) is 0 Å². The summed E-state index contributed by atoms with van der Waals surface area (Å²) < 4.78 is 0. The number of rotatable bonds is 2. The van der Waals surface area contributed by atoms with Crippen LogP contribution in [0.15, 0.2) is 18.2 Å². The molecule has 6 heteroatoms. The number of benzene rings is 1. The number of nitrogens with zero attached hydrogens (tertiary/aromatic N) is 1. The van der Waals surface area contributed by atoms with Crippen LogP contribution in [0.4, 0.5) is 5.69 Å². The fourth-order valence-electron chi connectivity index (χ4n) is 1.62. The molecule has 0 aliphatic carbocycles. The van der Waals surface area contributed by atoms with Gasteiger partial charge in [0.2, 0.25) is 17.7 Å². The summed E-state index contributed by atoms with van der Waals surface area (Å²) in [6.07, 6.45) is 0.353. The van der Waals surface area contributed by atoms with E-state index >= 15 is 0 Å². The Morgan fingerprint density at radius 1 is 1.28 bits per heavy atom. The average Bonchev–Trinajstić information content (AvgIpc) is 2.54. The van der Waals surface area contributed by atoms with Crippen molar-refractivity contribution in [3.8, 4) is 0 Å². The predicted octanol–water partition coefficient (Wildman–Crippen LogP) is 1.42. The Kier molecular flexibility index (Phi) is 4.57. The Labute approximate surface area is 124 Å². The zero-order valence-electron chi connectivity index (χ0n) is 9.82. The molecule has 1 aliphatic heterocycles. The van der Waals surface area contributed by atoms with Crippen molar-refractivity contribution in [3.05, 3.63) is 36.4 Å². The molecule has 1 aromatic carbocycles. The quantitative estimate of drug-likeness (QED) is 0.661. The normalized spacial score (nSPS) is 13.1. The van der Waals surface area contributed by atoms with Gasteiger partial charge in [-0.25, -0.2) is 7.05 Å². The van der Waals surface area contributed by atoms with E-state index in [0.29, 0.717) is 17.7 Å². The van der Waals surface area contributed by atoms with Gasteiger partial charge < -0.3 is 10.2 Å². The van der Waals surface area contributed by atoms with Crippen LogP contribution in [-0.2, 0) is 31.0 Å². The molecule has 0 spiro atoms. The van der Waals surface area contributed by atoms with Crippen molar-refractivity contribution in [3.63, 3.8) is 0 Å². The molecule has 1 N–H and O–H groups in total. The summed E-state index contributed by atoms with van der Waals surface area (Å²) in [7, 11) is 3.37. The van der Waals surface area contributed by atoms with Crippen molar-refractivity contribution in [1.82, 2.24) is 4.90 Å². The smallest absolute Gasteiger partial charge is 0.231 e. The van der Waals surface area contributed by atoms with E-state index in [4.69, 9.17) is 0 Å². The summed E-state index contributed by atoms with van der Waals surface area (Å²) in [6, 6.07) is 4.61. The average molecular weight is 322 g/mol. The fraction of sp³-hybridized carbons (Fsp3) is 0.167. The molecule has 0 saturated carbocycles. The van der Waals surface area contributed by atoms with Crippen LogP contribution in [0.25, 0.3) is 0 Å². The van der Waals surface area contributed by atoms with Gasteiger partial charge >= 0.3 is 0 Å². The Hall–Kier alpha value is -1.29. The molecule has 1 aliphatic rings. The molecular weight excluding hydrogens is 311 g/mol. The maximum atomic E-state index is 11.6. The molecule has 0 atom stereocenters. The van der Waals surface area contributed by atoms with Gasteiger partial charge in [0.25, 0.3) is 0 Å². The molecule has 92 valence electrons. The summed E-state index contributed by atoms with van der Waals surface area (Å²) in [5, 5.41) is 2.63. The maximum absolute atomic E-state index is 11.6. The summed E-state index contributed by atoms with van der Waals surface area (Å²) in [6.45, 7) is 1.73. The van der Waals surface area contributed by atoms with Crippen LogP contribution >= 0.6 is 0 Å². The van der Waals surface area contributed by atoms with E-state index in [9.17, 15) is 14.4 Å². The van der Waals surface area contributed by atoms with Gasteiger partial charge in [-0.05, 0) is 18.2 Å². The van der Waals surface area contributed by atoms with Crippen LogP contribution in [0.3, 0.4) is 0 Å². The molecule has 0 saturated heterocycles. The van der Waals surface area contributed by atoms with Gasteiger partial charge in [-0.2, -0.15) is 0 Å². The number of anilines is 1. The molecule has 0 bridgehead atoms. The number of nitrogens with one attached hydrogen (secondary N) is 1. The zero-order chi connectivity index (χ0) is 12.6. The Morgan fingerprint density at radius 3 is 2.50 bits per heavy atom. The van der Waals surface area contributed by atoms with Gasteiger partial charge in [-0.1, -0.05) is 6.92 Å². The zero-order valence-corrected chi connectivity index (χ0v) is 12.3. The maximum Gasteiger partial charge on any atom is 0.231 e.